The van der Waals surface area contributed by atoms with E-state index in [2.05, 4.69) is 5.32 Å². The topological polar surface area (TPSA) is 156 Å². The number of nitrogens with zero attached hydrogens (tertiary/aromatic N) is 1. The summed E-state index contributed by atoms with van der Waals surface area (Å²) in [6.07, 6.45) is 0.786. The number of amides is 3. The number of primary amides is 1. The highest BCUT2D eigenvalue weighted by atomic mass is 16.4. The number of carboxylic acids is 1. The highest BCUT2D eigenvalue weighted by Gasteiger charge is 2.37. The van der Waals surface area contributed by atoms with Crippen molar-refractivity contribution in [2.24, 2.45) is 17.4 Å². The number of hydrogen-bond acceptors (Lipinski definition) is 5. The van der Waals surface area contributed by atoms with Crippen molar-refractivity contribution < 1.29 is 24.3 Å². The van der Waals surface area contributed by atoms with Gasteiger partial charge in [0.2, 0.25) is 17.7 Å². The van der Waals surface area contributed by atoms with Gasteiger partial charge in [0.1, 0.15) is 12.1 Å². The molecule has 9 nitrogen and oxygen atoms in total. The fourth-order valence-electron chi connectivity index (χ4n) is 2.51. The average molecular weight is 328 g/mol. The Bertz CT molecular complexity index is 494. The summed E-state index contributed by atoms with van der Waals surface area (Å²) in [5.41, 5.74) is 10.5. The number of carboxylic acid groups (broad SMARTS) is 1. The smallest absolute Gasteiger partial charge is 0.326 e. The van der Waals surface area contributed by atoms with Gasteiger partial charge in [-0.3, -0.25) is 14.4 Å². The Labute approximate surface area is 134 Å². The fraction of sp³-hybridized carbons (Fsp3) is 0.714. The van der Waals surface area contributed by atoms with Crippen LogP contribution in [0.15, 0.2) is 0 Å². The van der Waals surface area contributed by atoms with E-state index in [4.69, 9.17) is 16.6 Å². The second-order valence-electron chi connectivity index (χ2n) is 6.03. The van der Waals surface area contributed by atoms with Crippen molar-refractivity contribution in [2.75, 3.05) is 6.54 Å². The molecule has 1 heterocycles. The van der Waals surface area contributed by atoms with Gasteiger partial charge in [-0.15, -0.1) is 0 Å². The Morgan fingerprint density at radius 2 is 1.91 bits per heavy atom. The summed E-state index contributed by atoms with van der Waals surface area (Å²) < 4.78 is 0. The zero-order valence-electron chi connectivity index (χ0n) is 13.3. The molecule has 0 unspecified atom stereocenters. The molecular formula is C14H24N4O5. The molecule has 6 N–H and O–H groups in total. The lowest BCUT2D eigenvalue weighted by Gasteiger charge is -2.27. The Balaban J connectivity index is 2.74. The standard InChI is InChI=1S/C14H24N4O5/c1-7(2)11(14(22)23)17-13(21)9-4-3-5-18(9)10(19)6-8(15)12(16)20/h7-9,11H,3-6,15H2,1-2H3,(H2,16,20)(H,17,21)(H,22,23)/t8-,9-,11-/m0/s1. The molecule has 1 aliphatic rings. The number of carbonyl (C=O) groups is 4. The Kier molecular flexibility index (Phi) is 6.49. The molecule has 0 aromatic carbocycles. The highest BCUT2D eigenvalue weighted by molar-refractivity contribution is 5.92. The molecule has 1 fully saturated rings. The van der Waals surface area contributed by atoms with E-state index in [0.717, 1.165) is 0 Å². The van der Waals surface area contributed by atoms with Crippen LogP contribution >= 0.6 is 0 Å². The van der Waals surface area contributed by atoms with E-state index < -0.39 is 41.8 Å². The summed E-state index contributed by atoms with van der Waals surface area (Å²) in [4.78, 5) is 47.9. The van der Waals surface area contributed by atoms with Gasteiger partial charge in [0, 0.05) is 6.54 Å². The molecule has 0 aromatic rings. The van der Waals surface area contributed by atoms with E-state index in [1.807, 2.05) is 0 Å². The van der Waals surface area contributed by atoms with E-state index in [1.165, 1.54) is 4.90 Å². The lowest BCUT2D eigenvalue weighted by atomic mass is 10.0. The number of likely N-dealkylation sites (tertiary alicyclic amines) is 1. The summed E-state index contributed by atoms with van der Waals surface area (Å²) in [6.45, 7) is 3.73. The third kappa shape index (κ3) is 4.92. The summed E-state index contributed by atoms with van der Waals surface area (Å²) in [6, 6.07) is -2.87. The largest absolute Gasteiger partial charge is 0.480 e. The van der Waals surface area contributed by atoms with Crippen LogP contribution in [0, 0.1) is 5.92 Å². The van der Waals surface area contributed by atoms with Gasteiger partial charge in [0.15, 0.2) is 0 Å². The number of rotatable bonds is 7. The second-order valence-corrected chi connectivity index (χ2v) is 6.03. The minimum absolute atomic E-state index is 0.272. The first-order chi connectivity index (χ1) is 10.6. The minimum atomic E-state index is -1.13. The highest BCUT2D eigenvalue weighted by Crippen LogP contribution is 2.19. The van der Waals surface area contributed by atoms with Crippen LogP contribution in [0.4, 0.5) is 0 Å². The molecule has 0 radical (unpaired) electrons. The van der Waals surface area contributed by atoms with Crippen molar-refractivity contribution in [3.63, 3.8) is 0 Å². The van der Waals surface area contributed by atoms with Crippen LogP contribution < -0.4 is 16.8 Å². The monoisotopic (exact) mass is 328 g/mol. The molecule has 3 atom stereocenters. The minimum Gasteiger partial charge on any atom is -0.480 e. The Morgan fingerprint density at radius 1 is 1.30 bits per heavy atom. The summed E-state index contributed by atoms with van der Waals surface area (Å²) in [5.74, 6) is -3.15. The van der Waals surface area contributed by atoms with Crippen molar-refractivity contribution in [1.82, 2.24) is 10.2 Å². The van der Waals surface area contributed by atoms with Crippen molar-refractivity contribution in [3.05, 3.63) is 0 Å². The molecule has 1 saturated heterocycles. The van der Waals surface area contributed by atoms with Crippen LogP contribution in [0.5, 0.6) is 0 Å². The number of carbonyl (C=O) groups excluding carboxylic acids is 3. The number of aliphatic carboxylic acids is 1. The third-order valence-corrected chi connectivity index (χ3v) is 3.87. The van der Waals surface area contributed by atoms with E-state index in [1.54, 1.807) is 13.8 Å². The molecule has 0 aliphatic carbocycles. The van der Waals surface area contributed by atoms with Crippen LogP contribution in [-0.4, -0.2) is 58.4 Å². The van der Waals surface area contributed by atoms with Gasteiger partial charge in [-0.05, 0) is 18.8 Å². The maximum absolute atomic E-state index is 12.3. The van der Waals surface area contributed by atoms with Crippen LogP contribution in [-0.2, 0) is 19.2 Å². The molecule has 0 saturated carbocycles. The van der Waals surface area contributed by atoms with Gasteiger partial charge >= 0.3 is 5.97 Å². The number of hydrogen-bond donors (Lipinski definition) is 4. The van der Waals surface area contributed by atoms with Crippen molar-refractivity contribution in [2.45, 2.75) is 51.2 Å². The molecule has 130 valence electrons. The van der Waals surface area contributed by atoms with Crippen molar-refractivity contribution in [1.29, 1.82) is 0 Å². The van der Waals surface area contributed by atoms with Crippen LogP contribution in [0.1, 0.15) is 33.1 Å². The molecule has 0 aromatic heterocycles. The Morgan fingerprint density at radius 3 is 2.39 bits per heavy atom. The summed E-state index contributed by atoms with van der Waals surface area (Å²) in [7, 11) is 0. The normalized spacial score (nSPS) is 20.2. The molecule has 0 spiro atoms. The molecule has 9 heteroatoms. The van der Waals surface area contributed by atoms with Crippen LogP contribution in [0.25, 0.3) is 0 Å². The zero-order valence-corrected chi connectivity index (χ0v) is 13.3. The number of nitrogens with two attached hydrogens (primary N) is 2. The Hall–Kier alpha value is -2.16. The SMILES string of the molecule is CC(C)[C@H](NC(=O)[C@@H]1CCCN1C(=O)C[C@H](N)C(N)=O)C(=O)O. The zero-order chi connectivity index (χ0) is 17.7. The van der Waals surface area contributed by atoms with E-state index in [9.17, 15) is 19.2 Å². The van der Waals surface area contributed by atoms with E-state index in [0.29, 0.717) is 19.4 Å². The maximum atomic E-state index is 12.3. The van der Waals surface area contributed by atoms with Gasteiger partial charge in [0.25, 0.3) is 0 Å². The number of nitrogens with one attached hydrogen (secondary N) is 1. The average Bonchev–Trinajstić information content (AvgIpc) is 2.92. The molecule has 0 bridgehead atoms. The molecular weight excluding hydrogens is 304 g/mol. The predicted octanol–water partition coefficient (Wildman–Crippen LogP) is -1.59. The van der Waals surface area contributed by atoms with Gasteiger partial charge in [-0.1, -0.05) is 13.8 Å². The first kappa shape index (κ1) is 18.9. The van der Waals surface area contributed by atoms with Gasteiger partial charge in [-0.2, -0.15) is 0 Å². The molecule has 1 aliphatic heterocycles. The quantitative estimate of drug-likeness (QED) is 0.441. The van der Waals surface area contributed by atoms with Crippen LogP contribution in [0.2, 0.25) is 0 Å². The summed E-state index contributed by atoms with van der Waals surface area (Å²) in [5, 5.41) is 11.6. The van der Waals surface area contributed by atoms with Crippen molar-refractivity contribution >= 4 is 23.7 Å². The second kappa shape index (κ2) is 7.91. The molecule has 23 heavy (non-hydrogen) atoms. The van der Waals surface area contributed by atoms with Crippen LogP contribution in [0.3, 0.4) is 0 Å². The fourth-order valence-corrected chi connectivity index (χ4v) is 2.51. The third-order valence-electron chi connectivity index (χ3n) is 3.87. The van der Waals surface area contributed by atoms with E-state index >= 15 is 0 Å². The lowest BCUT2D eigenvalue weighted by molar-refractivity contribution is -0.145. The molecule has 1 rings (SSSR count). The molecule has 3 amide bonds. The van der Waals surface area contributed by atoms with Crippen molar-refractivity contribution in [3.8, 4) is 0 Å². The van der Waals surface area contributed by atoms with Gasteiger partial charge in [0.05, 0.1) is 12.5 Å². The van der Waals surface area contributed by atoms with E-state index in [-0.39, 0.29) is 12.3 Å². The maximum Gasteiger partial charge on any atom is 0.326 e. The van der Waals surface area contributed by atoms with Gasteiger partial charge < -0.3 is 26.8 Å². The first-order valence-corrected chi connectivity index (χ1v) is 7.52. The first-order valence-electron chi connectivity index (χ1n) is 7.52. The van der Waals surface area contributed by atoms with Gasteiger partial charge in [-0.25, -0.2) is 4.79 Å². The predicted molar refractivity (Wildman–Crippen MR) is 80.9 cm³/mol. The summed E-state index contributed by atoms with van der Waals surface area (Å²) >= 11 is 0. The lowest BCUT2D eigenvalue weighted by Crippen LogP contribution is -2.53.